The Morgan fingerprint density at radius 1 is 1.00 bits per heavy atom. The number of methoxy groups -OCH3 is 3. The molecule has 0 aliphatic carbocycles. The van der Waals surface area contributed by atoms with E-state index < -0.39 is 6.10 Å². The Bertz CT molecular complexity index is 834. The summed E-state index contributed by atoms with van der Waals surface area (Å²) < 4.78 is 27.6. The minimum Gasteiger partial charge on any atom is -0.493 e. The van der Waals surface area contributed by atoms with Gasteiger partial charge in [0.15, 0.2) is 23.0 Å². The Morgan fingerprint density at radius 2 is 1.71 bits per heavy atom. The van der Waals surface area contributed by atoms with Crippen molar-refractivity contribution in [3.05, 3.63) is 29.8 Å². The minimum atomic E-state index is -0.846. The first-order valence-corrected chi connectivity index (χ1v) is 9.07. The van der Waals surface area contributed by atoms with Crippen molar-refractivity contribution in [2.24, 2.45) is 5.92 Å². The number of hydrogen-bond acceptors (Lipinski definition) is 7. The molecule has 2 aromatic rings. The summed E-state index contributed by atoms with van der Waals surface area (Å²) in [4.78, 5) is 0. The first-order valence-electron chi connectivity index (χ1n) is 9.07. The van der Waals surface area contributed by atoms with Crippen molar-refractivity contribution in [1.82, 2.24) is 0 Å². The maximum absolute atomic E-state index is 11.0. The van der Waals surface area contributed by atoms with Gasteiger partial charge in [0.25, 0.3) is 0 Å². The van der Waals surface area contributed by atoms with Crippen molar-refractivity contribution in [1.29, 1.82) is 0 Å². The predicted molar refractivity (Wildman–Crippen MR) is 103 cm³/mol. The lowest BCUT2D eigenvalue weighted by Gasteiger charge is -2.25. The van der Waals surface area contributed by atoms with Gasteiger partial charge < -0.3 is 33.9 Å². The zero-order valence-corrected chi connectivity index (χ0v) is 16.5. The number of fused-ring (bicyclic) bond motifs is 1. The maximum Gasteiger partial charge on any atom is 0.231 e. The second-order valence-electron chi connectivity index (χ2n) is 6.61. The fourth-order valence-electron chi connectivity index (χ4n) is 3.43. The standard InChI is InChI=1S/C21H26O7/c1-12(7-8-22)19(23)14-10-17(24-2)20(25-3)21(26-4)18(14)13-5-6-15-16(9-13)28-11-27-15/h5-6,9-10,12,19,22-23H,7-8,11H2,1-4H3/t12-,19+/m1/s1. The van der Waals surface area contributed by atoms with Gasteiger partial charge in [-0.2, -0.15) is 0 Å². The van der Waals surface area contributed by atoms with E-state index in [-0.39, 0.29) is 19.3 Å². The largest absolute Gasteiger partial charge is 0.493 e. The van der Waals surface area contributed by atoms with E-state index in [4.69, 9.17) is 23.7 Å². The fraction of sp³-hybridized carbons (Fsp3) is 0.429. The van der Waals surface area contributed by atoms with Crippen LogP contribution in [0.25, 0.3) is 11.1 Å². The number of aliphatic hydroxyl groups is 2. The van der Waals surface area contributed by atoms with Crippen LogP contribution in [0.15, 0.2) is 24.3 Å². The number of benzene rings is 2. The molecule has 0 bridgehead atoms. The van der Waals surface area contributed by atoms with Crippen molar-refractivity contribution in [2.75, 3.05) is 34.7 Å². The molecule has 7 nitrogen and oxygen atoms in total. The first kappa shape index (κ1) is 20.1. The maximum atomic E-state index is 11.0. The molecule has 1 aliphatic heterocycles. The normalized spacial score (nSPS) is 14.5. The molecular weight excluding hydrogens is 364 g/mol. The highest BCUT2D eigenvalue weighted by Gasteiger charge is 2.28. The van der Waals surface area contributed by atoms with Crippen LogP contribution in [0.2, 0.25) is 0 Å². The molecule has 1 aliphatic rings. The van der Waals surface area contributed by atoms with Crippen molar-refractivity contribution in [3.63, 3.8) is 0 Å². The van der Waals surface area contributed by atoms with E-state index in [0.717, 1.165) is 5.56 Å². The van der Waals surface area contributed by atoms with Crippen LogP contribution in [0.5, 0.6) is 28.7 Å². The molecule has 0 aromatic heterocycles. The van der Waals surface area contributed by atoms with Crippen LogP contribution in [-0.2, 0) is 0 Å². The third-order valence-corrected chi connectivity index (χ3v) is 4.96. The summed E-state index contributed by atoms with van der Waals surface area (Å²) in [6, 6.07) is 7.30. The first-order chi connectivity index (χ1) is 13.5. The van der Waals surface area contributed by atoms with Crippen LogP contribution < -0.4 is 23.7 Å². The third kappa shape index (κ3) is 3.55. The van der Waals surface area contributed by atoms with E-state index in [0.29, 0.717) is 46.3 Å². The van der Waals surface area contributed by atoms with Gasteiger partial charge in [0.05, 0.1) is 27.4 Å². The Kier molecular flexibility index (Phi) is 6.16. The predicted octanol–water partition coefficient (Wildman–Crippen LogP) is 3.16. The molecule has 28 heavy (non-hydrogen) atoms. The van der Waals surface area contributed by atoms with E-state index in [1.54, 1.807) is 13.2 Å². The third-order valence-electron chi connectivity index (χ3n) is 4.96. The average Bonchev–Trinajstić information content (AvgIpc) is 3.19. The Balaban J connectivity index is 2.25. The van der Waals surface area contributed by atoms with Gasteiger partial charge in [-0.1, -0.05) is 13.0 Å². The van der Waals surface area contributed by atoms with Crippen LogP contribution in [0.4, 0.5) is 0 Å². The molecule has 7 heteroatoms. The van der Waals surface area contributed by atoms with Gasteiger partial charge >= 0.3 is 0 Å². The van der Waals surface area contributed by atoms with E-state index in [2.05, 4.69) is 0 Å². The van der Waals surface area contributed by atoms with Gasteiger partial charge in [-0.3, -0.25) is 0 Å². The summed E-state index contributed by atoms with van der Waals surface area (Å²) in [6.07, 6.45) is -0.389. The van der Waals surface area contributed by atoms with E-state index in [1.165, 1.54) is 14.2 Å². The van der Waals surface area contributed by atoms with E-state index in [9.17, 15) is 10.2 Å². The summed E-state index contributed by atoms with van der Waals surface area (Å²) in [5.41, 5.74) is 2.08. The quantitative estimate of drug-likeness (QED) is 0.716. The van der Waals surface area contributed by atoms with E-state index >= 15 is 0 Å². The van der Waals surface area contributed by atoms with Crippen LogP contribution >= 0.6 is 0 Å². The van der Waals surface area contributed by atoms with Crippen LogP contribution in [-0.4, -0.2) is 44.9 Å². The lowest BCUT2D eigenvalue weighted by Crippen LogP contribution is -2.13. The van der Waals surface area contributed by atoms with Crippen molar-refractivity contribution < 1.29 is 33.9 Å². The molecule has 0 saturated heterocycles. The molecule has 2 atom stereocenters. The number of aliphatic hydroxyl groups excluding tert-OH is 2. The van der Waals surface area contributed by atoms with Gasteiger partial charge in [-0.25, -0.2) is 0 Å². The Morgan fingerprint density at radius 3 is 2.36 bits per heavy atom. The monoisotopic (exact) mass is 390 g/mol. The second kappa shape index (κ2) is 8.58. The smallest absolute Gasteiger partial charge is 0.231 e. The lowest BCUT2D eigenvalue weighted by molar-refractivity contribution is 0.0990. The molecule has 0 spiro atoms. The summed E-state index contributed by atoms with van der Waals surface area (Å²) in [7, 11) is 4.61. The van der Waals surface area contributed by atoms with Crippen molar-refractivity contribution in [2.45, 2.75) is 19.4 Å². The van der Waals surface area contributed by atoms with E-state index in [1.807, 2.05) is 25.1 Å². The molecular formula is C21H26O7. The molecule has 1 heterocycles. The van der Waals surface area contributed by atoms with Crippen molar-refractivity contribution in [3.8, 4) is 39.9 Å². The molecule has 0 saturated carbocycles. The average molecular weight is 390 g/mol. The summed E-state index contributed by atoms with van der Waals surface area (Å²) >= 11 is 0. The minimum absolute atomic E-state index is 0.0119. The van der Waals surface area contributed by atoms with Crippen LogP contribution in [0, 0.1) is 5.92 Å². The number of rotatable bonds is 8. The van der Waals surface area contributed by atoms with Crippen LogP contribution in [0.1, 0.15) is 25.0 Å². The van der Waals surface area contributed by atoms with Gasteiger partial charge in [-0.05, 0) is 41.7 Å². The zero-order valence-electron chi connectivity index (χ0n) is 16.5. The number of hydrogen-bond donors (Lipinski definition) is 2. The highest BCUT2D eigenvalue weighted by molar-refractivity contribution is 5.81. The molecule has 0 radical (unpaired) electrons. The molecule has 0 unspecified atom stereocenters. The van der Waals surface area contributed by atoms with Gasteiger partial charge in [-0.15, -0.1) is 0 Å². The highest BCUT2D eigenvalue weighted by atomic mass is 16.7. The highest BCUT2D eigenvalue weighted by Crippen LogP contribution is 2.50. The second-order valence-corrected chi connectivity index (χ2v) is 6.61. The van der Waals surface area contributed by atoms with Crippen LogP contribution in [0.3, 0.4) is 0 Å². The van der Waals surface area contributed by atoms with Gasteiger partial charge in [0.2, 0.25) is 12.5 Å². The summed E-state index contributed by atoms with van der Waals surface area (Å²) in [5, 5.41) is 20.3. The lowest BCUT2D eigenvalue weighted by atomic mass is 9.87. The topological polar surface area (TPSA) is 86.6 Å². The Hall–Kier alpha value is -2.64. The molecule has 2 aromatic carbocycles. The summed E-state index contributed by atoms with van der Waals surface area (Å²) in [5.74, 6) is 2.45. The SMILES string of the molecule is COc1cc([C@@H](O)[C@H](C)CCO)c(-c2ccc3c(c2)OCO3)c(OC)c1OC. The molecule has 0 amide bonds. The zero-order chi connectivity index (χ0) is 20.3. The fourth-order valence-corrected chi connectivity index (χ4v) is 3.43. The summed E-state index contributed by atoms with van der Waals surface area (Å²) in [6.45, 7) is 2.04. The molecule has 3 rings (SSSR count). The molecule has 0 fully saturated rings. The Labute approximate surface area is 164 Å². The molecule has 2 N–H and O–H groups in total. The molecule has 152 valence electrons. The van der Waals surface area contributed by atoms with Crippen molar-refractivity contribution >= 4 is 0 Å². The van der Waals surface area contributed by atoms with Gasteiger partial charge in [0.1, 0.15) is 0 Å². The number of ether oxygens (including phenoxy) is 5. The van der Waals surface area contributed by atoms with Gasteiger partial charge in [0, 0.05) is 12.2 Å².